The molecule has 0 spiro atoms. The number of ketones is 1. The number of hydrogen-bond donors (Lipinski definition) is 0. The maximum atomic E-state index is 13.6. The van der Waals surface area contributed by atoms with Gasteiger partial charge in [-0.1, -0.05) is 19.9 Å². The van der Waals surface area contributed by atoms with E-state index in [9.17, 15) is 4.79 Å². The van der Waals surface area contributed by atoms with Gasteiger partial charge in [-0.25, -0.2) is 14.5 Å². The molecule has 0 amide bonds. The molecule has 4 aromatic rings. The Morgan fingerprint density at radius 3 is 2.69 bits per heavy atom. The molecule has 9 nitrogen and oxygen atoms in total. The van der Waals surface area contributed by atoms with Crippen LogP contribution in [0.4, 0.5) is 0 Å². The molecule has 0 N–H and O–H groups in total. The van der Waals surface area contributed by atoms with Gasteiger partial charge in [0.25, 0.3) is 0 Å². The monoisotopic (exact) mass is 483 g/mol. The number of ether oxygens (including phenoxy) is 3. The van der Waals surface area contributed by atoms with Gasteiger partial charge in [0.15, 0.2) is 28.8 Å². The van der Waals surface area contributed by atoms with Crippen molar-refractivity contribution in [1.82, 2.24) is 24.6 Å². The van der Waals surface area contributed by atoms with Crippen molar-refractivity contribution in [2.24, 2.45) is 5.41 Å². The molecule has 0 saturated carbocycles. The zero-order chi connectivity index (χ0) is 25.0. The fraction of sp³-hybridized carbons (Fsp3) is 0.296. The number of benzene rings is 1. The molecular formula is C27H25N5O4. The van der Waals surface area contributed by atoms with Crippen LogP contribution in [-0.2, 0) is 4.79 Å². The molecule has 0 saturated heterocycles. The lowest BCUT2D eigenvalue weighted by Gasteiger charge is -2.37. The van der Waals surface area contributed by atoms with Gasteiger partial charge in [-0.05, 0) is 35.2 Å². The molecule has 0 unspecified atom stereocenters. The van der Waals surface area contributed by atoms with Gasteiger partial charge < -0.3 is 14.2 Å². The van der Waals surface area contributed by atoms with Crippen LogP contribution in [0, 0.1) is 5.41 Å². The number of fused-ring (bicyclic) bond motifs is 3. The molecule has 9 heteroatoms. The van der Waals surface area contributed by atoms with E-state index >= 15 is 0 Å². The lowest BCUT2D eigenvalue weighted by atomic mass is 9.70. The van der Waals surface area contributed by atoms with Crippen LogP contribution >= 0.6 is 0 Å². The quantitative estimate of drug-likeness (QED) is 0.422. The largest absolute Gasteiger partial charge is 0.493 e. The number of allylic oxidation sites excluding steroid dienone is 2. The first-order chi connectivity index (χ1) is 17.4. The summed E-state index contributed by atoms with van der Waals surface area (Å²) in [6.45, 7) is 4.16. The number of carbonyl (C=O) groups is 1. The molecule has 1 atom stereocenters. The smallest absolute Gasteiger partial charge is 0.228 e. The van der Waals surface area contributed by atoms with Crippen LogP contribution in [0.15, 0.2) is 60.4 Å². The molecule has 36 heavy (non-hydrogen) atoms. The van der Waals surface area contributed by atoms with Gasteiger partial charge in [-0.15, -0.1) is 5.10 Å². The fourth-order valence-corrected chi connectivity index (χ4v) is 5.13. The molecule has 1 aliphatic carbocycles. The third-order valence-corrected chi connectivity index (χ3v) is 6.72. The van der Waals surface area contributed by atoms with Crippen molar-refractivity contribution in [3.8, 4) is 28.8 Å². The van der Waals surface area contributed by atoms with E-state index in [0.29, 0.717) is 58.6 Å². The molecule has 182 valence electrons. The van der Waals surface area contributed by atoms with Crippen LogP contribution in [0.2, 0.25) is 0 Å². The molecule has 1 aromatic carbocycles. The summed E-state index contributed by atoms with van der Waals surface area (Å²) in [4.78, 5) is 27.2. The highest BCUT2D eigenvalue weighted by Gasteiger charge is 2.44. The van der Waals surface area contributed by atoms with Crippen LogP contribution in [0.5, 0.6) is 17.4 Å². The van der Waals surface area contributed by atoms with Gasteiger partial charge in [0.1, 0.15) is 12.1 Å². The molecule has 4 heterocycles. The van der Waals surface area contributed by atoms with Gasteiger partial charge >= 0.3 is 0 Å². The highest BCUT2D eigenvalue weighted by Crippen LogP contribution is 2.51. The minimum atomic E-state index is -0.450. The minimum Gasteiger partial charge on any atom is -0.493 e. The molecule has 2 aliphatic rings. The minimum absolute atomic E-state index is 0.0562. The first kappa shape index (κ1) is 22.2. The van der Waals surface area contributed by atoms with Crippen molar-refractivity contribution in [3.63, 3.8) is 0 Å². The number of carbonyl (C=O) groups excluding carboxylic acids is 1. The summed E-state index contributed by atoms with van der Waals surface area (Å²) in [5, 5.41) is 4.63. The number of hydrogen-bond acceptors (Lipinski definition) is 8. The number of Topliss-reactive ketones (excluding diaryl/α,β-unsaturated/α-hetero) is 1. The molecule has 0 bridgehead atoms. The maximum Gasteiger partial charge on any atom is 0.228 e. The molecule has 0 fully saturated rings. The predicted octanol–water partition coefficient (Wildman–Crippen LogP) is 4.37. The first-order valence-corrected chi connectivity index (χ1v) is 11.7. The van der Waals surface area contributed by atoms with Crippen LogP contribution in [0.3, 0.4) is 0 Å². The Kier molecular flexibility index (Phi) is 5.03. The standard InChI is InChI=1S/C27H25N5O4/c1-27(2)11-17(33)22-20(12-27)36-26-23(21(22)15-7-8-18(34-3)19(10-15)35-4)25-30-24(31-32(25)14-29-26)16-6-5-9-28-13-16/h5-10,13-14,21H,11-12H2,1-4H3/t21-/m0/s1. The third kappa shape index (κ3) is 3.50. The van der Waals surface area contributed by atoms with Crippen molar-refractivity contribution < 1.29 is 19.0 Å². The van der Waals surface area contributed by atoms with Crippen molar-refractivity contribution in [2.75, 3.05) is 14.2 Å². The number of rotatable bonds is 4. The Morgan fingerprint density at radius 1 is 1.11 bits per heavy atom. The Balaban J connectivity index is 1.61. The van der Waals surface area contributed by atoms with Gasteiger partial charge in [0.2, 0.25) is 5.88 Å². The predicted molar refractivity (Wildman–Crippen MR) is 131 cm³/mol. The van der Waals surface area contributed by atoms with E-state index in [4.69, 9.17) is 19.2 Å². The second kappa shape index (κ2) is 8.15. The number of methoxy groups -OCH3 is 2. The van der Waals surface area contributed by atoms with Crippen LogP contribution in [0.1, 0.15) is 43.7 Å². The molecular weight excluding hydrogens is 458 g/mol. The van der Waals surface area contributed by atoms with Crippen LogP contribution in [0.25, 0.3) is 17.0 Å². The highest BCUT2D eigenvalue weighted by molar-refractivity contribution is 6.00. The summed E-state index contributed by atoms with van der Waals surface area (Å²) >= 11 is 0. The zero-order valence-corrected chi connectivity index (χ0v) is 20.5. The van der Waals surface area contributed by atoms with Crippen molar-refractivity contribution in [2.45, 2.75) is 32.6 Å². The Labute approximate surface area is 207 Å². The summed E-state index contributed by atoms with van der Waals surface area (Å²) in [6.07, 6.45) is 6.07. The van der Waals surface area contributed by atoms with Crippen molar-refractivity contribution in [1.29, 1.82) is 0 Å². The number of pyridine rings is 1. The van der Waals surface area contributed by atoms with Gasteiger partial charge in [-0.3, -0.25) is 9.78 Å². The van der Waals surface area contributed by atoms with Gasteiger partial charge in [0.05, 0.1) is 25.7 Å². The molecule has 6 rings (SSSR count). The first-order valence-electron chi connectivity index (χ1n) is 11.7. The summed E-state index contributed by atoms with van der Waals surface area (Å²) in [5.41, 5.74) is 3.34. The maximum absolute atomic E-state index is 13.6. The van der Waals surface area contributed by atoms with Crippen molar-refractivity contribution >= 4 is 11.4 Å². The van der Waals surface area contributed by atoms with E-state index < -0.39 is 5.92 Å². The number of nitrogens with zero attached hydrogens (tertiary/aromatic N) is 5. The molecule has 1 aliphatic heterocycles. The lowest BCUT2D eigenvalue weighted by molar-refractivity contribution is -0.118. The summed E-state index contributed by atoms with van der Waals surface area (Å²) in [7, 11) is 3.19. The van der Waals surface area contributed by atoms with Gasteiger partial charge in [0, 0.05) is 36.4 Å². The average Bonchev–Trinajstić information content (AvgIpc) is 3.31. The normalized spacial score (nSPS) is 18.4. The second-order valence-corrected chi connectivity index (χ2v) is 9.84. The average molecular weight is 484 g/mol. The summed E-state index contributed by atoms with van der Waals surface area (Å²) in [5.74, 6) is 2.39. The second-order valence-electron chi connectivity index (χ2n) is 9.84. The van der Waals surface area contributed by atoms with Crippen LogP contribution in [-0.4, -0.2) is 44.6 Å². The highest BCUT2D eigenvalue weighted by atomic mass is 16.5. The van der Waals surface area contributed by atoms with E-state index in [1.807, 2.05) is 30.3 Å². The Hall–Kier alpha value is -4.27. The van der Waals surface area contributed by atoms with Crippen molar-refractivity contribution in [3.05, 3.63) is 71.5 Å². The van der Waals surface area contributed by atoms with E-state index in [1.165, 1.54) is 0 Å². The summed E-state index contributed by atoms with van der Waals surface area (Å²) in [6, 6.07) is 9.43. The SMILES string of the molecule is COc1ccc([C@H]2C3=C(CC(C)(C)CC3=O)Oc3ncn4nc(-c5cccnc5)nc4c32)cc1OC. The number of aromatic nitrogens is 5. The zero-order valence-electron chi connectivity index (χ0n) is 20.5. The van der Waals surface area contributed by atoms with E-state index in [0.717, 1.165) is 11.1 Å². The van der Waals surface area contributed by atoms with Gasteiger partial charge in [-0.2, -0.15) is 0 Å². The van der Waals surface area contributed by atoms with E-state index in [-0.39, 0.29) is 11.2 Å². The Morgan fingerprint density at radius 2 is 1.94 bits per heavy atom. The summed E-state index contributed by atoms with van der Waals surface area (Å²) < 4.78 is 19.0. The molecule has 3 aromatic heterocycles. The van der Waals surface area contributed by atoms with E-state index in [2.05, 4.69) is 28.9 Å². The fourth-order valence-electron chi connectivity index (χ4n) is 5.13. The Bertz CT molecular complexity index is 1540. The topological polar surface area (TPSA) is 101 Å². The lowest BCUT2D eigenvalue weighted by Crippen LogP contribution is -2.33. The third-order valence-electron chi connectivity index (χ3n) is 6.72. The van der Waals surface area contributed by atoms with Crippen LogP contribution < -0.4 is 14.2 Å². The molecule has 0 radical (unpaired) electrons. The van der Waals surface area contributed by atoms with E-state index in [1.54, 1.807) is 37.5 Å².